The maximum atomic E-state index is 12.4. The van der Waals surface area contributed by atoms with Gasteiger partial charge in [0.05, 0.1) is 23.8 Å². The van der Waals surface area contributed by atoms with Crippen molar-refractivity contribution in [1.82, 2.24) is 14.5 Å². The molecule has 0 N–H and O–H groups in total. The predicted octanol–water partition coefficient (Wildman–Crippen LogP) is 2.63. The van der Waals surface area contributed by atoms with Crippen molar-refractivity contribution >= 4 is 16.8 Å². The van der Waals surface area contributed by atoms with E-state index in [9.17, 15) is 9.59 Å². The highest BCUT2D eigenvalue weighted by molar-refractivity contribution is 5.77. The molecule has 0 saturated carbocycles. The Bertz CT molecular complexity index is 997. The Morgan fingerprint density at radius 1 is 1.15 bits per heavy atom. The van der Waals surface area contributed by atoms with Crippen LogP contribution in [-0.4, -0.2) is 40.6 Å². The summed E-state index contributed by atoms with van der Waals surface area (Å²) in [6.45, 7) is 3.20. The zero-order chi connectivity index (χ0) is 19.2. The van der Waals surface area contributed by atoms with Gasteiger partial charge in [0.1, 0.15) is 12.4 Å². The fraction of sp³-hybridized carbons (Fsp3) is 0.286. The molecular formula is C21H23N3O3. The molecule has 2 aromatic carbocycles. The average molecular weight is 365 g/mol. The normalized spacial score (nSPS) is 10.7. The zero-order valence-corrected chi connectivity index (χ0v) is 15.6. The number of hydrogen-bond donors (Lipinski definition) is 0. The first-order valence-corrected chi connectivity index (χ1v) is 8.93. The van der Waals surface area contributed by atoms with E-state index in [1.807, 2.05) is 43.3 Å². The van der Waals surface area contributed by atoms with Crippen LogP contribution in [0.15, 0.2) is 59.7 Å². The van der Waals surface area contributed by atoms with Gasteiger partial charge in [-0.15, -0.1) is 0 Å². The van der Waals surface area contributed by atoms with Crippen LogP contribution in [0.1, 0.15) is 12.0 Å². The van der Waals surface area contributed by atoms with E-state index >= 15 is 0 Å². The van der Waals surface area contributed by atoms with Gasteiger partial charge in [-0.25, -0.2) is 4.98 Å². The quantitative estimate of drug-likeness (QED) is 0.646. The molecule has 0 radical (unpaired) electrons. The van der Waals surface area contributed by atoms with E-state index in [0.717, 1.165) is 11.3 Å². The molecule has 27 heavy (non-hydrogen) atoms. The number of amides is 1. The lowest BCUT2D eigenvalue weighted by atomic mass is 10.2. The molecule has 0 fully saturated rings. The number of aromatic nitrogens is 2. The van der Waals surface area contributed by atoms with E-state index in [0.29, 0.717) is 30.6 Å². The number of para-hydroxylation sites is 2. The van der Waals surface area contributed by atoms with Crippen LogP contribution in [0.5, 0.6) is 5.75 Å². The molecule has 0 aliphatic rings. The van der Waals surface area contributed by atoms with Crippen molar-refractivity contribution in [3.63, 3.8) is 0 Å². The molecule has 0 bridgehead atoms. The monoisotopic (exact) mass is 365 g/mol. The number of rotatable bonds is 7. The molecule has 6 nitrogen and oxygen atoms in total. The topological polar surface area (TPSA) is 64.4 Å². The van der Waals surface area contributed by atoms with Crippen LogP contribution >= 0.6 is 0 Å². The Balaban J connectivity index is 1.52. The van der Waals surface area contributed by atoms with E-state index in [-0.39, 0.29) is 17.9 Å². The van der Waals surface area contributed by atoms with Gasteiger partial charge in [0.25, 0.3) is 5.56 Å². The van der Waals surface area contributed by atoms with Gasteiger partial charge in [-0.05, 0) is 30.7 Å². The van der Waals surface area contributed by atoms with Crippen LogP contribution in [0.4, 0.5) is 0 Å². The molecule has 6 heteroatoms. The Kier molecular flexibility index (Phi) is 5.86. The largest absolute Gasteiger partial charge is 0.491 e. The maximum Gasteiger partial charge on any atom is 0.261 e. The van der Waals surface area contributed by atoms with E-state index in [1.165, 1.54) is 10.9 Å². The minimum Gasteiger partial charge on any atom is -0.491 e. The van der Waals surface area contributed by atoms with Crippen molar-refractivity contribution < 1.29 is 9.53 Å². The smallest absolute Gasteiger partial charge is 0.261 e. The number of benzene rings is 2. The molecule has 0 spiro atoms. The first-order chi connectivity index (χ1) is 13.1. The van der Waals surface area contributed by atoms with E-state index in [4.69, 9.17) is 4.74 Å². The number of ether oxygens (including phenoxy) is 1. The minimum absolute atomic E-state index is 0.0385. The lowest BCUT2D eigenvalue weighted by Crippen LogP contribution is -2.32. The van der Waals surface area contributed by atoms with Gasteiger partial charge in [-0.1, -0.05) is 30.3 Å². The fourth-order valence-corrected chi connectivity index (χ4v) is 2.81. The number of likely N-dealkylation sites (N-methyl/N-ethyl adjacent to an activating group) is 1. The van der Waals surface area contributed by atoms with Crippen LogP contribution in [0.25, 0.3) is 10.9 Å². The van der Waals surface area contributed by atoms with Crippen LogP contribution in [0.3, 0.4) is 0 Å². The van der Waals surface area contributed by atoms with Crippen molar-refractivity contribution in [3.05, 3.63) is 70.8 Å². The number of fused-ring (bicyclic) bond motifs is 1. The lowest BCUT2D eigenvalue weighted by Gasteiger charge is -2.18. The SMILES string of the molecule is Cc1ccccc1OCCN(C)C(=O)CCn1cnc2ccccc2c1=O. The number of carbonyl (C=O) groups excluding carboxylic acids is 1. The summed E-state index contributed by atoms with van der Waals surface area (Å²) in [5.74, 6) is 0.788. The van der Waals surface area contributed by atoms with Gasteiger partial charge in [-0.2, -0.15) is 0 Å². The molecule has 0 unspecified atom stereocenters. The third-order valence-corrected chi connectivity index (χ3v) is 4.50. The summed E-state index contributed by atoms with van der Waals surface area (Å²) in [6.07, 6.45) is 1.74. The summed E-state index contributed by atoms with van der Waals surface area (Å²) in [7, 11) is 1.74. The van der Waals surface area contributed by atoms with Crippen molar-refractivity contribution in [2.24, 2.45) is 0 Å². The van der Waals surface area contributed by atoms with Crippen LogP contribution in [-0.2, 0) is 11.3 Å². The summed E-state index contributed by atoms with van der Waals surface area (Å²) in [6, 6.07) is 15.0. The summed E-state index contributed by atoms with van der Waals surface area (Å²) in [5.41, 5.74) is 1.60. The van der Waals surface area contributed by atoms with Crippen molar-refractivity contribution in [1.29, 1.82) is 0 Å². The molecule has 140 valence electrons. The van der Waals surface area contributed by atoms with E-state index in [1.54, 1.807) is 24.1 Å². The van der Waals surface area contributed by atoms with Gasteiger partial charge in [0.15, 0.2) is 0 Å². The van der Waals surface area contributed by atoms with Crippen LogP contribution in [0, 0.1) is 6.92 Å². The van der Waals surface area contributed by atoms with Gasteiger partial charge in [0, 0.05) is 20.0 Å². The van der Waals surface area contributed by atoms with Crippen molar-refractivity contribution in [2.75, 3.05) is 20.2 Å². The highest BCUT2D eigenvalue weighted by atomic mass is 16.5. The van der Waals surface area contributed by atoms with Gasteiger partial charge >= 0.3 is 0 Å². The Hall–Kier alpha value is -3.15. The van der Waals surface area contributed by atoms with Crippen LogP contribution in [0.2, 0.25) is 0 Å². The number of carbonyl (C=O) groups is 1. The molecular weight excluding hydrogens is 342 g/mol. The Morgan fingerprint density at radius 3 is 2.70 bits per heavy atom. The second-order valence-corrected chi connectivity index (χ2v) is 6.44. The number of nitrogens with zero attached hydrogens (tertiary/aromatic N) is 3. The molecule has 3 aromatic rings. The lowest BCUT2D eigenvalue weighted by molar-refractivity contribution is -0.130. The predicted molar refractivity (Wildman–Crippen MR) is 105 cm³/mol. The van der Waals surface area contributed by atoms with Gasteiger partial charge in [0.2, 0.25) is 5.91 Å². The number of hydrogen-bond acceptors (Lipinski definition) is 4. The summed E-state index contributed by atoms with van der Waals surface area (Å²) < 4.78 is 7.21. The molecule has 1 aromatic heterocycles. The fourth-order valence-electron chi connectivity index (χ4n) is 2.81. The van der Waals surface area contributed by atoms with E-state index in [2.05, 4.69) is 4.98 Å². The maximum absolute atomic E-state index is 12.4. The molecule has 0 aliphatic carbocycles. The molecule has 1 amide bonds. The minimum atomic E-state index is -0.126. The summed E-state index contributed by atoms with van der Waals surface area (Å²) in [5, 5.41) is 0.562. The number of aryl methyl sites for hydroxylation is 2. The Morgan fingerprint density at radius 2 is 1.89 bits per heavy atom. The molecule has 0 aliphatic heterocycles. The summed E-state index contributed by atoms with van der Waals surface area (Å²) in [4.78, 5) is 30.7. The second kappa shape index (κ2) is 8.49. The summed E-state index contributed by atoms with van der Waals surface area (Å²) >= 11 is 0. The van der Waals surface area contributed by atoms with Gasteiger partial charge < -0.3 is 9.64 Å². The molecule has 1 heterocycles. The highest BCUT2D eigenvalue weighted by Crippen LogP contribution is 2.15. The van der Waals surface area contributed by atoms with Crippen molar-refractivity contribution in [3.8, 4) is 5.75 Å². The standard InChI is InChI=1S/C21H23N3O3/c1-16-7-3-6-10-19(16)27-14-13-23(2)20(25)11-12-24-15-22-18-9-5-4-8-17(18)21(24)26/h3-10,15H,11-14H2,1-2H3. The third-order valence-electron chi connectivity index (χ3n) is 4.50. The zero-order valence-electron chi connectivity index (χ0n) is 15.6. The molecule has 0 atom stereocenters. The molecule has 0 saturated heterocycles. The van der Waals surface area contributed by atoms with Crippen LogP contribution < -0.4 is 10.3 Å². The molecule has 3 rings (SSSR count). The van der Waals surface area contributed by atoms with Gasteiger partial charge in [-0.3, -0.25) is 14.2 Å². The second-order valence-electron chi connectivity index (χ2n) is 6.44. The first kappa shape index (κ1) is 18.6. The average Bonchev–Trinajstić information content (AvgIpc) is 2.69. The first-order valence-electron chi connectivity index (χ1n) is 8.93. The Labute approximate surface area is 158 Å². The third kappa shape index (κ3) is 4.53. The highest BCUT2D eigenvalue weighted by Gasteiger charge is 2.11. The van der Waals surface area contributed by atoms with Crippen molar-refractivity contribution in [2.45, 2.75) is 19.9 Å². The van der Waals surface area contributed by atoms with E-state index < -0.39 is 0 Å².